The number of carboxylic acid groups (broad SMARTS) is 1. The number of carboxylic acids is 1. The summed E-state index contributed by atoms with van der Waals surface area (Å²) in [4.78, 5) is 48.1. The normalized spacial score (nSPS) is 18.2. The Morgan fingerprint density at radius 3 is 2.43 bits per heavy atom. The molecular weight excluding hydrogens is 558 g/mol. The summed E-state index contributed by atoms with van der Waals surface area (Å²) in [6, 6.07) is 20.1. The molecule has 44 heavy (non-hydrogen) atoms. The quantitative estimate of drug-likeness (QED) is 0.334. The average Bonchev–Trinajstić information content (AvgIpc) is 3.76. The van der Waals surface area contributed by atoms with E-state index in [4.69, 9.17) is 4.74 Å². The van der Waals surface area contributed by atoms with Crippen molar-refractivity contribution in [3.63, 3.8) is 0 Å². The molecule has 2 amide bonds. The van der Waals surface area contributed by atoms with Crippen molar-refractivity contribution in [3.8, 4) is 11.1 Å². The molecule has 6 rings (SSSR count). The van der Waals surface area contributed by atoms with Crippen LogP contribution in [0.5, 0.6) is 0 Å². The number of ether oxygens (including phenoxy) is 1. The smallest absolute Gasteiger partial charge is 0.305 e. The van der Waals surface area contributed by atoms with Gasteiger partial charge in [-0.2, -0.15) is 0 Å². The van der Waals surface area contributed by atoms with Crippen LogP contribution in [0, 0.1) is 5.92 Å². The van der Waals surface area contributed by atoms with Crippen LogP contribution in [0.1, 0.15) is 37.7 Å². The van der Waals surface area contributed by atoms with Crippen LogP contribution in [0.2, 0.25) is 0 Å². The highest BCUT2D eigenvalue weighted by Crippen LogP contribution is 2.35. The number of anilines is 3. The minimum absolute atomic E-state index is 0.0142. The van der Waals surface area contributed by atoms with Gasteiger partial charge in [-0.1, -0.05) is 30.3 Å². The first-order valence-electron chi connectivity index (χ1n) is 15.5. The minimum Gasteiger partial charge on any atom is -0.481 e. The van der Waals surface area contributed by atoms with Crippen LogP contribution in [0.3, 0.4) is 0 Å². The molecular formula is C34H39N5O5. The zero-order valence-corrected chi connectivity index (χ0v) is 24.9. The maximum Gasteiger partial charge on any atom is 0.305 e. The molecule has 0 bridgehead atoms. The molecule has 2 saturated heterocycles. The lowest BCUT2D eigenvalue weighted by Gasteiger charge is -2.37. The molecule has 10 heteroatoms. The molecule has 1 saturated carbocycles. The van der Waals surface area contributed by atoms with E-state index in [1.54, 1.807) is 4.90 Å². The van der Waals surface area contributed by atoms with Crippen molar-refractivity contribution in [2.24, 2.45) is 5.92 Å². The number of aliphatic carboxylic acids is 1. The van der Waals surface area contributed by atoms with Crippen LogP contribution < -0.4 is 15.1 Å². The third-order valence-electron chi connectivity index (χ3n) is 8.54. The molecule has 0 radical (unpaired) electrons. The van der Waals surface area contributed by atoms with E-state index < -0.39 is 12.1 Å². The second-order valence-corrected chi connectivity index (χ2v) is 11.8. The molecule has 2 aromatic carbocycles. The van der Waals surface area contributed by atoms with Crippen molar-refractivity contribution >= 4 is 35.0 Å². The van der Waals surface area contributed by atoms with E-state index in [9.17, 15) is 19.5 Å². The summed E-state index contributed by atoms with van der Waals surface area (Å²) in [6.07, 6.45) is 4.61. The SMILES string of the molecule is O=C(O)CCN(Cc1cccc(-c2ccc(N3CCN(c4ccccn4)CC3)c(NC(=O)C3CCCO3)c2)c1)C(=O)C1CC1. The lowest BCUT2D eigenvalue weighted by molar-refractivity contribution is -0.139. The second kappa shape index (κ2) is 13.5. The Hall–Kier alpha value is -4.44. The summed E-state index contributed by atoms with van der Waals surface area (Å²) in [5.74, 6) is -0.0316. The molecule has 1 atom stereocenters. The molecule has 1 unspecified atom stereocenters. The monoisotopic (exact) mass is 597 g/mol. The molecule has 3 heterocycles. The van der Waals surface area contributed by atoms with Crippen molar-refractivity contribution in [1.82, 2.24) is 9.88 Å². The fourth-order valence-corrected chi connectivity index (χ4v) is 5.96. The van der Waals surface area contributed by atoms with E-state index in [1.165, 1.54) is 0 Å². The highest BCUT2D eigenvalue weighted by molar-refractivity contribution is 5.98. The molecule has 3 aliphatic rings. The fourth-order valence-electron chi connectivity index (χ4n) is 5.96. The molecule has 2 N–H and O–H groups in total. The maximum absolute atomic E-state index is 13.2. The van der Waals surface area contributed by atoms with Gasteiger partial charge in [-0.25, -0.2) is 4.98 Å². The lowest BCUT2D eigenvalue weighted by Crippen LogP contribution is -2.47. The highest BCUT2D eigenvalue weighted by Gasteiger charge is 2.33. The number of pyridine rings is 1. The summed E-state index contributed by atoms with van der Waals surface area (Å²) in [5.41, 5.74) is 4.54. The Labute approximate surface area is 257 Å². The molecule has 3 aromatic rings. The topological polar surface area (TPSA) is 115 Å². The maximum atomic E-state index is 13.2. The van der Waals surface area contributed by atoms with Gasteiger partial charge in [-0.05, 0) is 72.7 Å². The number of aromatic nitrogens is 1. The summed E-state index contributed by atoms with van der Waals surface area (Å²) < 4.78 is 5.67. The number of carbonyl (C=O) groups excluding carboxylic acids is 2. The third-order valence-corrected chi connectivity index (χ3v) is 8.54. The van der Waals surface area contributed by atoms with Gasteiger partial charge in [0.25, 0.3) is 5.91 Å². The molecule has 10 nitrogen and oxygen atoms in total. The third kappa shape index (κ3) is 7.19. The fraction of sp³-hybridized carbons (Fsp3) is 0.412. The number of carbonyl (C=O) groups is 3. The standard InChI is InChI=1S/C34H39N5O5/c40-32(41)13-15-39(34(43)25-9-10-25)23-24-5-3-6-26(21-24)27-11-12-29(28(22-27)36-33(42)30-7-4-20-44-30)37-16-18-38(19-17-37)31-8-1-2-14-35-31/h1-3,5-6,8,11-12,14,21-22,25,30H,4,7,9-10,13,15-20,23H2,(H,36,42)(H,40,41). The van der Waals surface area contributed by atoms with Crippen molar-refractivity contribution < 1.29 is 24.2 Å². The van der Waals surface area contributed by atoms with Crippen LogP contribution in [0.25, 0.3) is 11.1 Å². The van der Waals surface area contributed by atoms with Crippen LogP contribution in [0.4, 0.5) is 17.2 Å². The van der Waals surface area contributed by atoms with Gasteiger partial charge in [0.1, 0.15) is 11.9 Å². The zero-order chi connectivity index (χ0) is 30.5. The Kier molecular flexibility index (Phi) is 9.07. The van der Waals surface area contributed by atoms with Gasteiger partial charge < -0.3 is 29.9 Å². The minimum atomic E-state index is -0.914. The van der Waals surface area contributed by atoms with E-state index in [1.807, 2.05) is 54.7 Å². The Morgan fingerprint density at radius 1 is 0.932 bits per heavy atom. The molecule has 1 aliphatic carbocycles. The number of hydrogen-bond acceptors (Lipinski definition) is 7. The predicted octanol–water partition coefficient (Wildman–Crippen LogP) is 4.41. The van der Waals surface area contributed by atoms with Crippen molar-refractivity contribution in [1.29, 1.82) is 0 Å². The van der Waals surface area contributed by atoms with E-state index in [2.05, 4.69) is 32.2 Å². The first kappa shape index (κ1) is 29.6. The Bertz CT molecular complexity index is 1480. The van der Waals surface area contributed by atoms with Crippen molar-refractivity contribution in [3.05, 3.63) is 72.4 Å². The van der Waals surface area contributed by atoms with Gasteiger partial charge in [0, 0.05) is 58.0 Å². The van der Waals surface area contributed by atoms with Crippen LogP contribution >= 0.6 is 0 Å². The van der Waals surface area contributed by atoms with Crippen LogP contribution in [-0.2, 0) is 25.7 Å². The van der Waals surface area contributed by atoms with Gasteiger partial charge in [0.05, 0.1) is 17.8 Å². The first-order chi connectivity index (χ1) is 21.4. The van der Waals surface area contributed by atoms with Gasteiger partial charge in [-0.15, -0.1) is 0 Å². The van der Waals surface area contributed by atoms with E-state index in [0.717, 1.165) is 79.3 Å². The molecule has 230 valence electrons. The van der Waals surface area contributed by atoms with E-state index in [-0.39, 0.29) is 30.7 Å². The van der Waals surface area contributed by atoms with Crippen molar-refractivity contribution in [2.45, 2.75) is 44.8 Å². The van der Waals surface area contributed by atoms with Crippen LogP contribution in [0.15, 0.2) is 66.9 Å². The summed E-state index contributed by atoms with van der Waals surface area (Å²) in [6.45, 7) is 4.36. The average molecular weight is 598 g/mol. The largest absolute Gasteiger partial charge is 0.481 e. The number of nitrogens with zero attached hydrogens (tertiary/aromatic N) is 4. The number of piperazine rings is 1. The number of amides is 2. The van der Waals surface area contributed by atoms with E-state index in [0.29, 0.717) is 19.6 Å². The predicted molar refractivity (Wildman–Crippen MR) is 169 cm³/mol. The molecule has 1 aromatic heterocycles. The molecule has 0 spiro atoms. The Balaban J connectivity index is 1.23. The second-order valence-electron chi connectivity index (χ2n) is 11.8. The van der Waals surface area contributed by atoms with Crippen LogP contribution in [-0.4, -0.2) is 78.2 Å². The lowest BCUT2D eigenvalue weighted by atomic mass is 10.0. The number of nitrogens with one attached hydrogen (secondary N) is 1. The Morgan fingerprint density at radius 2 is 1.73 bits per heavy atom. The van der Waals surface area contributed by atoms with Crippen molar-refractivity contribution in [2.75, 3.05) is 54.4 Å². The number of hydrogen-bond donors (Lipinski definition) is 2. The number of rotatable bonds is 11. The molecule has 3 fully saturated rings. The van der Waals surface area contributed by atoms with E-state index >= 15 is 0 Å². The van der Waals surface area contributed by atoms with Gasteiger partial charge in [0.2, 0.25) is 5.91 Å². The van der Waals surface area contributed by atoms with Gasteiger partial charge in [0.15, 0.2) is 0 Å². The van der Waals surface area contributed by atoms with Gasteiger partial charge in [-0.3, -0.25) is 14.4 Å². The summed E-state index contributed by atoms with van der Waals surface area (Å²) >= 11 is 0. The molecule has 2 aliphatic heterocycles. The number of benzene rings is 2. The summed E-state index contributed by atoms with van der Waals surface area (Å²) in [5, 5.41) is 12.4. The van der Waals surface area contributed by atoms with Gasteiger partial charge >= 0.3 is 5.97 Å². The first-order valence-corrected chi connectivity index (χ1v) is 15.5. The zero-order valence-electron chi connectivity index (χ0n) is 24.9. The summed E-state index contributed by atoms with van der Waals surface area (Å²) in [7, 11) is 0. The highest BCUT2D eigenvalue weighted by atomic mass is 16.5.